The topological polar surface area (TPSA) is 89.8 Å². The third-order valence-corrected chi connectivity index (χ3v) is 4.94. The first-order chi connectivity index (χ1) is 12.4. The number of esters is 1. The van der Waals surface area contributed by atoms with Crippen molar-refractivity contribution < 1.29 is 19.2 Å². The second kappa shape index (κ2) is 7.11. The minimum atomic E-state index is -0.551. The molecule has 2 aliphatic rings. The number of hydrogen-bond acceptors (Lipinski definition) is 5. The molecule has 26 heavy (non-hydrogen) atoms. The fourth-order valence-corrected chi connectivity index (χ4v) is 3.66. The first-order valence-electron chi connectivity index (χ1n) is 8.53. The fourth-order valence-electron chi connectivity index (χ4n) is 3.66. The van der Waals surface area contributed by atoms with E-state index in [4.69, 9.17) is 4.74 Å². The van der Waals surface area contributed by atoms with Gasteiger partial charge in [0, 0.05) is 23.9 Å². The van der Waals surface area contributed by atoms with Gasteiger partial charge in [0.2, 0.25) is 0 Å². The third kappa shape index (κ3) is 3.12. The smallest absolute Gasteiger partial charge is 0.340 e. The summed E-state index contributed by atoms with van der Waals surface area (Å²) in [5, 5.41) is 10.8. The molecular weight excluding hydrogens is 336 g/mol. The largest absolute Gasteiger partial charge is 0.465 e. The molecule has 136 valence electrons. The molecule has 1 heterocycles. The standard InChI is InChI=1S/C19H20N2O5/c1-12-17(19(23)26-2)16(18(22)20(12)14-5-3-4-6-14)11-13-7-9-15(10-8-13)21(24)25/h7-11,14H,3-6H2,1-2H3/b16-11-. The van der Waals surface area contributed by atoms with Gasteiger partial charge in [-0.05, 0) is 43.5 Å². The van der Waals surface area contributed by atoms with E-state index in [-0.39, 0.29) is 28.8 Å². The van der Waals surface area contributed by atoms with Crippen LogP contribution in [0.4, 0.5) is 5.69 Å². The van der Waals surface area contributed by atoms with Crippen molar-refractivity contribution in [1.82, 2.24) is 4.90 Å². The zero-order valence-corrected chi connectivity index (χ0v) is 14.7. The lowest BCUT2D eigenvalue weighted by Crippen LogP contribution is -2.34. The minimum Gasteiger partial charge on any atom is -0.465 e. The monoisotopic (exact) mass is 356 g/mol. The molecule has 7 heteroatoms. The number of nitro groups is 1. The Bertz CT molecular complexity index is 817. The maximum Gasteiger partial charge on any atom is 0.340 e. The van der Waals surface area contributed by atoms with Crippen LogP contribution in [0.1, 0.15) is 38.2 Å². The summed E-state index contributed by atoms with van der Waals surface area (Å²) in [4.78, 5) is 37.3. The number of methoxy groups -OCH3 is 1. The van der Waals surface area contributed by atoms with E-state index in [1.807, 2.05) is 0 Å². The SMILES string of the molecule is COC(=O)C1=C(C)N(C2CCCC2)C(=O)/C1=C\c1ccc([N+](=O)[O-])cc1. The number of nitro benzene ring substituents is 1. The zero-order chi connectivity index (χ0) is 18.8. The number of ether oxygens (including phenoxy) is 1. The van der Waals surface area contributed by atoms with Crippen LogP contribution in [0.25, 0.3) is 6.08 Å². The Kier molecular flexibility index (Phi) is 4.88. The van der Waals surface area contributed by atoms with Crippen LogP contribution in [0.3, 0.4) is 0 Å². The fraction of sp³-hybridized carbons (Fsp3) is 0.368. The average molecular weight is 356 g/mol. The van der Waals surface area contributed by atoms with E-state index < -0.39 is 10.9 Å². The Balaban J connectivity index is 2.01. The normalized spacial score (nSPS) is 19.5. The van der Waals surface area contributed by atoms with Crippen LogP contribution in [-0.4, -0.2) is 34.9 Å². The summed E-state index contributed by atoms with van der Waals surface area (Å²) in [6.07, 6.45) is 5.56. The molecular formula is C19H20N2O5. The van der Waals surface area contributed by atoms with Crippen LogP contribution in [0.15, 0.2) is 41.1 Å². The van der Waals surface area contributed by atoms with E-state index in [1.54, 1.807) is 30.0 Å². The van der Waals surface area contributed by atoms with Crippen molar-refractivity contribution in [2.75, 3.05) is 7.11 Å². The quantitative estimate of drug-likeness (QED) is 0.358. The van der Waals surface area contributed by atoms with Gasteiger partial charge in [0.15, 0.2) is 0 Å². The number of allylic oxidation sites excluding steroid dienone is 1. The van der Waals surface area contributed by atoms with E-state index in [9.17, 15) is 19.7 Å². The molecule has 0 saturated heterocycles. The molecule has 3 rings (SSSR count). The van der Waals surface area contributed by atoms with Crippen LogP contribution >= 0.6 is 0 Å². The Morgan fingerprint density at radius 2 is 1.88 bits per heavy atom. The number of carbonyl (C=O) groups is 2. The van der Waals surface area contributed by atoms with Crippen molar-refractivity contribution in [2.45, 2.75) is 38.6 Å². The van der Waals surface area contributed by atoms with Crippen LogP contribution in [0, 0.1) is 10.1 Å². The van der Waals surface area contributed by atoms with Crippen molar-refractivity contribution in [2.24, 2.45) is 0 Å². The molecule has 1 aliphatic heterocycles. The Morgan fingerprint density at radius 1 is 1.27 bits per heavy atom. The molecule has 1 saturated carbocycles. The maximum atomic E-state index is 13.0. The lowest BCUT2D eigenvalue weighted by Gasteiger charge is -2.25. The predicted octanol–water partition coefficient (Wildman–Crippen LogP) is 3.21. The van der Waals surface area contributed by atoms with Gasteiger partial charge >= 0.3 is 5.97 Å². The molecule has 1 aliphatic carbocycles. The van der Waals surface area contributed by atoms with Crippen molar-refractivity contribution in [3.8, 4) is 0 Å². The van der Waals surface area contributed by atoms with Crippen LogP contribution in [0.2, 0.25) is 0 Å². The lowest BCUT2D eigenvalue weighted by molar-refractivity contribution is -0.384. The first-order valence-corrected chi connectivity index (χ1v) is 8.53. The van der Waals surface area contributed by atoms with Crippen molar-refractivity contribution in [3.05, 3.63) is 56.8 Å². The molecule has 0 atom stereocenters. The van der Waals surface area contributed by atoms with Gasteiger partial charge in [-0.3, -0.25) is 14.9 Å². The summed E-state index contributed by atoms with van der Waals surface area (Å²) < 4.78 is 4.88. The number of rotatable bonds is 4. The molecule has 0 spiro atoms. The van der Waals surface area contributed by atoms with E-state index in [0.29, 0.717) is 11.3 Å². The first kappa shape index (κ1) is 17.8. The van der Waals surface area contributed by atoms with Gasteiger partial charge in [-0.25, -0.2) is 4.79 Å². The van der Waals surface area contributed by atoms with Crippen molar-refractivity contribution >= 4 is 23.6 Å². The summed E-state index contributed by atoms with van der Waals surface area (Å²) in [7, 11) is 1.29. The van der Waals surface area contributed by atoms with Crippen molar-refractivity contribution in [3.63, 3.8) is 0 Å². The van der Waals surface area contributed by atoms with E-state index in [1.165, 1.54) is 19.2 Å². The highest BCUT2D eigenvalue weighted by Gasteiger charge is 2.40. The van der Waals surface area contributed by atoms with Gasteiger partial charge in [-0.1, -0.05) is 12.8 Å². The van der Waals surface area contributed by atoms with Gasteiger partial charge < -0.3 is 9.64 Å². The summed E-state index contributed by atoms with van der Waals surface area (Å²) in [5.41, 5.74) is 1.73. The van der Waals surface area contributed by atoms with Gasteiger partial charge in [0.1, 0.15) is 0 Å². The molecule has 7 nitrogen and oxygen atoms in total. The van der Waals surface area contributed by atoms with Gasteiger partial charge in [0.05, 0.1) is 23.2 Å². The predicted molar refractivity (Wildman–Crippen MR) is 94.9 cm³/mol. The van der Waals surface area contributed by atoms with Gasteiger partial charge in [-0.2, -0.15) is 0 Å². The third-order valence-electron chi connectivity index (χ3n) is 4.94. The molecule has 0 unspecified atom stereocenters. The summed E-state index contributed by atoms with van der Waals surface area (Å²) in [6, 6.07) is 5.95. The number of nitrogens with zero attached hydrogens (tertiary/aromatic N) is 2. The molecule has 0 aromatic heterocycles. The number of carbonyl (C=O) groups excluding carboxylic acids is 2. The maximum absolute atomic E-state index is 13.0. The minimum absolute atomic E-state index is 0.0302. The van der Waals surface area contributed by atoms with Crippen LogP contribution in [-0.2, 0) is 14.3 Å². The highest BCUT2D eigenvalue weighted by atomic mass is 16.6. The molecule has 0 radical (unpaired) electrons. The molecule has 0 bridgehead atoms. The number of benzene rings is 1. The summed E-state index contributed by atoms with van der Waals surface area (Å²) >= 11 is 0. The summed E-state index contributed by atoms with van der Waals surface area (Å²) in [5.74, 6) is -0.766. The summed E-state index contributed by atoms with van der Waals surface area (Å²) in [6.45, 7) is 1.76. The second-order valence-corrected chi connectivity index (χ2v) is 6.47. The highest BCUT2D eigenvalue weighted by molar-refractivity contribution is 6.16. The highest BCUT2D eigenvalue weighted by Crippen LogP contribution is 2.37. The Labute approximate surface area is 151 Å². The average Bonchev–Trinajstić information content (AvgIpc) is 3.22. The Morgan fingerprint density at radius 3 is 2.42 bits per heavy atom. The molecule has 1 aromatic carbocycles. The van der Waals surface area contributed by atoms with E-state index >= 15 is 0 Å². The molecule has 1 aromatic rings. The van der Waals surface area contributed by atoms with Crippen molar-refractivity contribution in [1.29, 1.82) is 0 Å². The zero-order valence-electron chi connectivity index (χ0n) is 14.7. The number of non-ortho nitro benzene ring substituents is 1. The number of hydrogen-bond donors (Lipinski definition) is 0. The number of amides is 1. The van der Waals surface area contributed by atoms with Crippen LogP contribution in [0.5, 0.6) is 0 Å². The Hall–Kier alpha value is -2.96. The molecule has 1 amide bonds. The van der Waals surface area contributed by atoms with Crippen LogP contribution < -0.4 is 0 Å². The van der Waals surface area contributed by atoms with E-state index in [2.05, 4.69) is 0 Å². The van der Waals surface area contributed by atoms with Gasteiger partial charge in [0.25, 0.3) is 11.6 Å². The van der Waals surface area contributed by atoms with Gasteiger partial charge in [-0.15, -0.1) is 0 Å². The van der Waals surface area contributed by atoms with E-state index in [0.717, 1.165) is 25.7 Å². The molecule has 0 N–H and O–H groups in total. The second-order valence-electron chi connectivity index (χ2n) is 6.47. The lowest BCUT2D eigenvalue weighted by atomic mass is 10.0. The molecule has 1 fully saturated rings.